The molecule has 2 N–H and O–H groups in total. The maximum Gasteiger partial charge on any atom is 0.225 e. The molecule has 19 heavy (non-hydrogen) atoms. The third kappa shape index (κ3) is 3.50. The Balaban J connectivity index is 1.96. The highest BCUT2D eigenvalue weighted by molar-refractivity contribution is 5.79. The quantitative estimate of drug-likeness (QED) is 0.853. The zero-order valence-electron chi connectivity index (χ0n) is 12.6. The van der Waals surface area contributed by atoms with E-state index in [1.165, 1.54) is 32.1 Å². The average Bonchev–Trinajstić information content (AvgIpc) is 2.44. The molecule has 3 nitrogen and oxygen atoms in total. The lowest BCUT2D eigenvalue weighted by atomic mass is 9.78. The molecule has 0 bridgehead atoms. The summed E-state index contributed by atoms with van der Waals surface area (Å²) in [7, 11) is 0. The maximum absolute atomic E-state index is 12.8. The molecule has 2 fully saturated rings. The van der Waals surface area contributed by atoms with Crippen molar-refractivity contribution in [2.24, 2.45) is 17.6 Å². The van der Waals surface area contributed by atoms with E-state index in [4.69, 9.17) is 5.73 Å². The molecule has 0 aliphatic heterocycles. The van der Waals surface area contributed by atoms with Gasteiger partial charge in [0, 0.05) is 24.5 Å². The number of amides is 1. The molecule has 2 aliphatic carbocycles. The fourth-order valence-electron chi connectivity index (χ4n) is 3.87. The van der Waals surface area contributed by atoms with E-state index in [0.717, 1.165) is 25.8 Å². The number of hydrogen-bond donors (Lipinski definition) is 1. The van der Waals surface area contributed by atoms with Crippen LogP contribution in [0.3, 0.4) is 0 Å². The lowest BCUT2D eigenvalue weighted by Gasteiger charge is -2.39. The van der Waals surface area contributed by atoms with Crippen LogP contribution in [-0.2, 0) is 4.79 Å². The second kappa shape index (κ2) is 6.74. The van der Waals surface area contributed by atoms with Gasteiger partial charge in [-0.3, -0.25) is 4.79 Å². The standard InChI is InChI=1S/C16H30N2O/c1-3-18(14-7-5-4-6-8-14)16(19)13-9-10-15(17)12(2)11-13/h12-15H,3-11,17H2,1-2H3. The van der Waals surface area contributed by atoms with Gasteiger partial charge in [0.05, 0.1) is 0 Å². The SMILES string of the molecule is CCN(C(=O)C1CCC(N)C(C)C1)C1CCCCC1. The molecular weight excluding hydrogens is 236 g/mol. The maximum atomic E-state index is 12.8. The lowest BCUT2D eigenvalue weighted by Crippen LogP contribution is -2.47. The number of rotatable bonds is 3. The largest absolute Gasteiger partial charge is 0.340 e. The van der Waals surface area contributed by atoms with Gasteiger partial charge in [-0.15, -0.1) is 0 Å². The second-order valence-corrected chi connectivity index (χ2v) is 6.57. The molecule has 3 heteroatoms. The van der Waals surface area contributed by atoms with Gasteiger partial charge >= 0.3 is 0 Å². The van der Waals surface area contributed by atoms with E-state index >= 15 is 0 Å². The minimum Gasteiger partial charge on any atom is -0.340 e. The molecule has 3 atom stereocenters. The van der Waals surface area contributed by atoms with Crippen molar-refractivity contribution in [2.45, 2.75) is 77.3 Å². The molecule has 2 saturated carbocycles. The fraction of sp³-hybridized carbons (Fsp3) is 0.938. The van der Waals surface area contributed by atoms with E-state index in [-0.39, 0.29) is 5.92 Å². The van der Waals surface area contributed by atoms with Gasteiger partial charge in [0.25, 0.3) is 0 Å². The Kier molecular flexibility index (Phi) is 5.26. The third-order valence-corrected chi connectivity index (χ3v) is 5.22. The van der Waals surface area contributed by atoms with E-state index in [2.05, 4.69) is 18.7 Å². The van der Waals surface area contributed by atoms with Crippen molar-refractivity contribution in [3.63, 3.8) is 0 Å². The van der Waals surface area contributed by atoms with E-state index in [1.807, 2.05) is 0 Å². The van der Waals surface area contributed by atoms with Gasteiger partial charge in [0.1, 0.15) is 0 Å². The topological polar surface area (TPSA) is 46.3 Å². The third-order valence-electron chi connectivity index (χ3n) is 5.22. The minimum atomic E-state index is 0.233. The van der Waals surface area contributed by atoms with Gasteiger partial charge in [-0.1, -0.05) is 26.2 Å². The number of carbonyl (C=O) groups excluding carboxylic acids is 1. The van der Waals surface area contributed by atoms with Crippen molar-refractivity contribution in [1.29, 1.82) is 0 Å². The molecule has 0 radical (unpaired) electrons. The summed E-state index contributed by atoms with van der Waals surface area (Å²) in [6.45, 7) is 5.20. The molecule has 0 spiro atoms. The summed E-state index contributed by atoms with van der Waals surface area (Å²) in [5.41, 5.74) is 6.07. The summed E-state index contributed by atoms with van der Waals surface area (Å²) in [6, 6.07) is 0.811. The van der Waals surface area contributed by atoms with Crippen LogP contribution < -0.4 is 5.73 Å². The zero-order valence-corrected chi connectivity index (χ0v) is 12.6. The predicted octanol–water partition coefficient (Wildman–Crippen LogP) is 2.93. The highest BCUT2D eigenvalue weighted by Gasteiger charge is 2.34. The van der Waals surface area contributed by atoms with Crippen molar-refractivity contribution in [2.75, 3.05) is 6.54 Å². The van der Waals surface area contributed by atoms with Crippen LogP contribution in [0.5, 0.6) is 0 Å². The van der Waals surface area contributed by atoms with Gasteiger partial charge in [-0.25, -0.2) is 0 Å². The Bertz CT molecular complexity index is 299. The summed E-state index contributed by atoms with van der Waals surface area (Å²) >= 11 is 0. The molecule has 2 rings (SSSR count). The number of nitrogens with zero attached hydrogens (tertiary/aromatic N) is 1. The van der Waals surface area contributed by atoms with Crippen LogP contribution in [0.1, 0.15) is 65.2 Å². The number of carbonyl (C=O) groups is 1. The number of nitrogens with two attached hydrogens (primary N) is 1. The molecule has 0 aromatic carbocycles. The Hall–Kier alpha value is -0.570. The first-order valence-electron chi connectivity index (χ1n) is 8.19. The van der Waals surface area contributed by atoms with Gasteiger partial charge in [0.15, 0.2) is 0 Å². The number of hydrogen-bond acceptors (Lipinski definition) is 2. The predicted molar refractivity (Wildman–Crippen MR) is 78.7 cm³/mol. The monoisotopic (exact) mass is 266 g/mol. The lowest BCUT2D eigenvalue weighted by molar-refractivity contribution is -0.140. The molecule has 110 valence electrons. The van der Waals surface area contributed by atoms with E-state index in [0.29, 0.717) is 23.9 Å². The normalized spacial score (nSPS) is 33.1. The Morgan fingerprint density at radius 1 is 1.16 bits per heavy atom. The Morgan fingerprint density at radius 3 is 2.42 bits per heavy atom. The first-order valence-corrected chi connectivity index (χ1v) is 8.19. The van der Waals surface area contributed by atoms with E-state index < -0.39 is 0 Å². The van der Waals surface area contributed by atoms with Crippen LogP contribution in [0.2, 0.25) is 0 Å². The molecule has 0 aromatic rings. The van der Waals surface area contributed by atoms with Crippen molar-refractivity contribution in [1.82, 2.24) is 4.90 Å². The molecule has 3 unspecified atom stereocenters. The van der Waals surface area contributed by atoms with E-state index in [9.17, 15) is 4.79 Å². The van der Waals surface area contributed by atoms with E-state index in [1.54, 1.807) is 0 Å². The van der Waals surface area contributed by atoms with Crippen LogP contribution in [0, 0.1) is 11.8 Å². The molecule has 0 saturated heterocycles. The summed E-state index contributed by atoms with van der Waals surface area (Å²) < 4.78 is 0. The van der Waals surface area contributed by atoms with Crippen LogP contribution in [0.4, 0.5) is 0 Å². The summed E-state index contributed by atoms with van der Waals surface area (Å²) in [5.74, 6) is 1.14. The van der Waals surface area contributed by atoms with Crippen molar-refractivity contribution < 1.29 is 4.79 Å². The smallest absolute Gasteiger partial charge is 0.225 e. The molecular formula is C16H30N2O. The van der Waals surface area contributed by atoms with Gasteiger partial charge in [-0.2, -0.15) is 0 Å². The summed E-state index contributed by atoms with van der Waals surface area (Å²) in [5, 5.41) is 0. The van der Waals surface area contributed by atoms with Crippen molar-refractivity contribution >= 4 is 5.91 Å². The summed E-state index contributed by atoms with van der Waals surface area (Å²) in [6.07, 6.45) is 9.34. The first-order chi connectivity index (χ1) is 9.13. The Labute approximate surface area is 117 Å². The minimum absolute atomic E-state index is 0.233. The van der Waals surface area contributed by atoms with Crippen LogP contribution >= 0.6 is 0 Å². The fourth-order valence-corrected chi connectivity index (χ4v) is 3.87. The second-order valence-electron chi connectivity index (χ2n) is 6.57. The molecule has 0 aromatic heterocycles. The average molecular weight is 266 g/mol. The highest BCUT2D eigenvalue weighted by Crippen LogP contribution is 2.31. The molecule has 0 heterocycles. The first kappa shape index (κ1) is 14.8. The van der Waals surface area contributed by atoms with Crippen LogP contribution in [-0.4, -0.2) is 29.4 Å². The van der Waals surface area contributed by atoms with Crippen LogP contribution in [0.25, 0.3) is 0 Å². The Morgan fingerprint density at radius 2 is 1.84 bits per heavy atom. The van der Waals surface area contributed by atoms with Gasteiger partial charge in [0.2, 0.25) is 5.91 Å². The molecule has 2 aliphatic rings. The highest BCUT2D eigenvalue weighted by atomic mass is 16.2. The summed E-state index contributed by atoms with van der Waals surface area (Å²) in [4.78, 5) is 14.9. The van der Waals surface area contributed by atoms with Crippen molar-refractivity contribution in [3.05, 3.63) is 0 Å². The van der Waals surface area contributed by atoms with Crippen molar-refractivity contribution in [3.8, 4) is 0 Å². The molecule has 1 amide bonds. The van der Waals surface area contributed by atoms with Crippen LogP contribution in [0.15, 0.2) is 0 Å². The van der Waals surface area contributed by atoms with Gasteiger partial charge < -0.3 is 10.6 Å². The zero-order chi connectivity index (χ0) is 13.8. The van der Waals surface area contributed by atoms with Gasteiger partial charge in [-0.05, 0) is 44.9 Å².